The molecular weight excluding hydrogens is 521 g/mol. The molecule has 200 valence electrons. The summed E-state index contributed by atoms with van der Waals surface area (Å²) in [5, 5.41) is 39.2. The Morgan fingerprint density at radius 3 is 2.58 bits per heavy atom. The minimum Gasteiger partial charge on any atom is -0.383 e. The fraction of sp³-hybridized carbons (Fsp3) is 0.310. The number of hydrogen-bond acceptors (Lipinski definition) is 9. The monoisotopic (exact) mass is 549 g/mol. The number of hydrogen-bond donors (Lipinski definition) is 4. The Morgan fingerprint density at radius 1 is 1.15 bits per heavy atom. The molecule has 0 amide bonds. The molecule has 0 bridgehead atoms. The zero-order chi connectivity index (χ0) is 28.7. The summed E-state index contributed by atoms with van der Waals surface area (Å²) < 4.78 is 0. The average molecular weight is 550 g/mol. The average Bonchev–Trinajstić information content (AvgIpc) is 3.57. The van der Waals surface area contributed by atoms with Crippen LogP contribution in [0.3, 0.4) is 0 Å². The van der Waals surface area contributed by atoms with Crippen LogP contribution in [0.5, 0.6) is 0 Å². The molecule has 1 fully saturated rings. The van der Waals surface area contributed by atoms with Gasteiger partial charge in [0.25, 0.3) is 0 Å². The molecule has 1 aliphatic carbocycles. The van der Waals surface area contributed by atoms with Gasteiger partial charge in [0.2, 0.25) is 0 Å². The van der Waals surface area contributed by atoms with E-state index in [1.54, 1.807) is 23.3 Å². The molecule has 1 saturated carbocycles. The molecule has 11 heteroatoms. The maximum absolute atomic E-state index is 9.83. The second-order valence-corrected chi connectivity index (χ2v) is 12.1. The van der Waals surface area contributed by atoms with Crippen LogP contribution < -0.4 is 21.6 Å². The van der Waals surface area contributed by atoms with E-state index in [1.807, 2.05) is 38.3 Å². The van der Waals surface area contributed by atoms with Crippen LogP contribution in [0.15, 0.2) is 54.5 Å². The van der Waals surface area contributed by atoms with E-state index in [0.29, 0.717) is 39.6 Å². The lowest BCUT2D eigenvalue weighted by Crippen LogP contribution is -2.47. The summed E-state index contributed by atoms with van der Waals surface area (Å²) in [5.41, 5.74) is 9.42. The van der Waals surface area contributed by atoms with Crippen molar-refractivity contribution in [3.05, 3.63) is 76.2 Å². The van der Waals surface area contributed by atoms with Gasteiger partial charge in [-0.3, -0.25) is 9.99 Å². The Hall–Kier alpha value is -4.43. The summed E-state index contributed by atoms with van der Waals surface area (Å²) in [4.78, 5) is 4.48. The maximum atomic E-state index is 9.83. The first-order valence-electron chi connectivity index (χ1n) is 13.0. The zero-order valence-electron chi connectivity index (χ0n) is 22.9. The molecule has 4 N–H and O–H groups in total. The van der Waals surface area contributed by atoms with E-state index < -0.39 is 11.0 Å². The quantitative estimate of drug-likeness (QED) is 0.320. The molecule has 3 aromatic rings. The number of hydrazine groups is 2. The molecule has 9 nitrogen and oxygen atoms in total. The van der Waals surface area contributed by atoms with E-state index in [4.69, 9.17) is 11.6 Å². The van der Waals surface area contributed by atoms with Gasteiger partial charge in [-0.05, 0) is 48.1 Å². The Labute approximate surface area is 239 Å². The number of halogens is 1. The number of aromatic nitrogens is 1. The highest BCUT2D eigenvalue weighted by Gasteiger charge is 2.51. The van der Waals surface area contributed by atoms with Crippen LogP contribution in [0.4, 0.5) is 11.4 Å². The van der Waals surface area contributed by atoms with Gasteiger partial charge in [-0.1, -0.05) is 44.5 Å². The van der Waals surface area contributed by atoms with Crippen LogP contribution in [-0.2, 0) is 5.44 Å². The van der Waals surface area contributed by atoms with Gasteiger partial charge in [0.1, 0.15) is 19.5 Å². The van der Waals surface area contributed by atoms with Crippen molar-refractivity contribution < 1.29 is 0 Å². The molecule has 1 aliphatic heterocycles. The second kappa shape index (κ2) is 9.95. The number of nitrogens with one attached hydrogen (secondary N) is 4. The highest BCUT2D eigenvalue weighted by molar-refractivity contribution is 6.36. The van der Waals surface area contributed by atoms with Crippen molar-refractivity contribution in [3.63, 3.8) is 0 Å². The summed E-state index contributed by atoms with van der Waals surface area (Å²) >= 11 is 6.77. The number of rotatable bonds is 7. The van der Waals surface area contributed by atoms with Crippen molar-refractivity contribution in [3.8, 4) is 18.2 Å². The fourth-order valence-corrected chi connectivity index (χ4v) is 5.04. The minimum atomic E-state index is -0.865. The van der Waals surface area contributed by atoms with E-state index >= 15 is 0 Å². The van der Waals surface area contributed by atoms with Gasteiger partial charge in [0.05, 0.1) is 50.6 Å². The van der Waals surface area contributed by atoms with Crippen LogP contribution in [0.2, 0.25) is 5.02 Å². The Bertz CT molecular complexity index is 1650. The summed E-state index contributed by atoms with van der Waals surface area (Å²) in [6.07, 6.45) is 4.99. The molecule has 1 unspecified atom stereocenters. The molecule has 0 saturated heterocycles. The molecule has 2 heterocycles. The van der Waals surface area contributed by atoms with E-state index in [9.17, 15) is 15.8 Å². The maximum Gasteiger partial charge on any atom is 0.148 e. The van der Waals surface area contributed by atoms with Crippen LogP contribution >= 0.6 is 11.6 Å². The lowest BCUT2D eigenvalue weighted by Gasteiger charge is -2.34. The van der Waals surface area contributed by atoms with Gasteiger partial charge in [0.15, 0.2) is 0 Å². The number of pyridine rings is 1. The van der Waals surface area contributed by atoms with Gasteiger partial charge in [-0.15, -0.1) is 5.53 Å². The highest BCUT2D eigenvalue weighted by Crippen LogP contribution is 2.43. The first kappa shape index (κ1) is 27.2. The lowest BCUT2D eigenvalue weighted by molar-refractivity contribution is 0.216. The molecule has 2 aromatic carbocycles. The number of nitriles is 3. The Morgan fingerprint density at radius 2 is 1.93 bits per heavy atom. The van der Waals surface area contributed by atoms with Crippen molar-refractivity contribution in [1.82, 2.24) is 21.0 Å². The van der Waals surface area contributed by atoms with Crippen LogP contribution in [0.25, 0.3) is 10.9 Å². The van der Waals surface area contributed by atoms with Crippen molar-refractivity contribution >= 4 is 41.7 Å². The standard InChI is InChI=1S/C29H29BClN9/c1-27(2,3)17-36-25-19(13-33)14-35-26-22(25)10-21(11-23(26)31)37-29(30,20-6-4-5-18(9-20)12-32)24-15-40(39-38-24)28(16-34)7-8-28/h4-6,9-11,14-15,37-39H,7-8,17,30H2,1-3H3,(H,35,36). The van der Waals surface area contributed by atoms with Crippen LogP contribution in [-0.4, -0.2) is 29.9 Å². The number of fused-ring (bicyclic) bond motifs is 1. The Kier molecular flexibility index (Phi) is 6.76. The first-order chi connectivity index (χ1) is 19.0. The second-order valence-electron chi connectivity index (χ2n) is 11.7. The molecule has 0 radical (unpaired) electrons. The van der Waals surface area contributed by atoms with Gasteiger partial charge in [-0.2, -0.15) is 15.8 Å². The molecule has 1 aromatic heterocycles. The summed E-state index contributed by atoms with van der Waals surface area (Å²) in [6.45, 7) is 7.00. The molecule has 5 rings (SSSR count). The SMILES string of the molecule is BC(Nc1cc(Cl)c2ncc(C#N)c(NCC(C)(C)C)c2c1)(C1=CN(C2(C#N)CC2)NN1)c1cccc(C#N)c1. The number of anilines is 2. The van der Waals surface area contributed by atoms with Crippen molar-refractivity contribution in [2.75, 3.05) is 17.2 Å². The van der Waals surface area contributed by atoms with Gasteiger partial charge in [0, 0.05) is 30.0 Å². The Balaban J connectivity index is 1.63. The van der Waals surface area contributed by atoms with Crippen molar-refractivity contribution in [1.29, 1.82) is 15.8 Å². The van der Waals surface area contributed by atoms with Crippen LogP contribution in [0.1, 0.15) is 50.3 Å². The van der Waals surface area contributed by atoms with Crippen LogP contribution in [0, 0.1) is 39.4 Å². The minimum absolute atomic E-state index is 0.0197. The van der Waals surface area contributed by atoms with E-state index in [2.05, 4.69) is 65.6 Å². The topological polar surface area (TPSA) is 136 Å². The van der Waals surface area contributed by atoms with Gasteiger partial charge in [-0.25, -0.2) is 0 Å². The first-order valence-corrected chi connectivity index (χ1v) is 13.4. The molecular formula is C29H29BClN9. The highest BCUT2D eigenvalue weighted by atomic mass is 35.5. The largest absolute Gasteiger partial charge is 0.383 e. The molecule has 1 atom stereocenters. The predicted molar refractivity (Wildman–Crippen MR) is 158 cm³/mol. The lowest BCUT2D eigenvalue weighted by atomic mass is 9.69. The fourth-order valence-electron chi connectivity index (χ4n) is 4.77. The normalized spacial score (nSPS) is 17.0. The molecule has 0 spiro atoms. The summed E-state index contributed by atoms with van der Waals surface area (Å²) in [6, 6.07) is 18.0. The number of benzene rings is 2. The zero-order valence-corrected chi connectivity index (χ0v) is 23.6. The predicted octanol–water partition coefficient (Wildman–Crippen LogP) is 4.21. The van der Waals surface area contributed by atoms with E-state index in [0.717, 1.165) is 29.5 Å². The van der Waals surface area contributed by atoms with Crippen molar-refractivity contribution in [2.45, 2.75) is 44.6 Å². The third kappa shape index (κ3) is 4.98. The third-order valence-electron chi connectivity index (χ3n) is 7.30. The van der Waals surface area contributed by atoms with E-state index in [-0.39, 0.29) is 5.41 Å². The van der Waals surface area contributed by atoms with Crippen molar-refractivity contribution in [2.24, 2.45) is 5.41 Å². The van der Waals surface area contributed by atoms with E-state index in [1.165, 1.54) is 0 Å². The third-order valence-corrected chi connectivity index (χ3v) is 7.59. The summed E-state index contributed by atoms with van der Waals surface area (Å²) in [5.74, 6) is 0. The van der Waals surface area contributed by atoms with Gasteiger partial charge < -0.3 is 16.1 Å². The number of nitrogens with zero attached hydrogens (tertiary/aromatic N) is 5. The van der Waals surface area contributed by atoms with Gasteiger partial charge >= 0.3 is 0 Å². The molecule has 40 heavy (non-hydrogen) atoms. The molecule has 2 aliphatic rings. The smallest absolute Gasteiger partial charge is 0.148 e. The summed E-state index contributed by atoms with van der Waals surface area (Å²) in [7, 11) is 2.00.